The monoisotopic (exact) mass is 252 g/mol. The molecule has 1 heterocycles. The van der Waals surface area contributed by atoms with E-state index in [1.54, 1.807) is 0 Å². The molecule has 0 amide bonds. The van der Waals surface area contributed by atoms with Crippen molar-refractivity contribution in [1.82, 2.24) is 5.32 Å². The molecule has 2 atom stereocenters. The lowest BCUT2D eigenvalue weighted by Crippen LogP contribution is -2.44. The third kappa shape index (κ3) is 2.70. The first kappa shape index (κ1) is 12.4. The zero-order chi connectivity index (χ0) is 13.1. The van der Waals surface area contributed by atoms with Crippen LogP contribution in [0.2, 0.25) is 0 Å². The van der Waals surface area contributed by atoms with Gasteiger partial charge in [-0.15, -0.1) is 0 Å². The number of hydrogen-bond donors (Lipinski definition) is 2. The van der Waals surface area contributed by atoms with Gasteiger partial charge in [0.2, 0.25) is 0 Å². The minimum atomic E-state index is 0.233. The van der Waals surface area contributed by atoms with Crippen LogP contribution in [0.25, 0.3) is 11.1 Å². The van der Waals surface area contributed by atoms with Gasteiger partial charge in [-0.1, -0.05) is 54.6 Å². The molecule has 2 aromatic carbocycles. The smallest absolute Gasteiger partial charge is 0.0235 e. The summed E-state index contributed by atoms with van der Waals surface area (Å²) in [6, 6.07) is 19.6. The van der Waals surface area contributed by atoms with Crippen LogP contribution in [-0.2, 0) is 0 Å². The Bertz CT molecular complexity index is 519. The van der Waals surface area contributed by atoms with E-state index in [1.165, 1.54) is 16.7 Å². The van der Waals surface area contributed by atoms with Crippen LogP contribution in [0.4, 0.5) is 0 Å². The molecule has 0 unspecified atom stereocenters. The Morgan fingerprint density at radius 1 is 0.895 bits per heavy atom. The number of piperidine rings is 1. The first-order valence-corrected chi connectivity index (χ1v) is 6.96. The van der Waals surface area contributed by atoms with Crippen LogP contribution in [0.5, 0.6) is 0 Å². The predicted octanol–water partition coefficient (Wildman–Crippen LogP) is 2.76. The summed E-state index contributed by atoms with van der Waals surface area (Å²) in [6.45, 7) is 1.99. The molecule has 2 nitrogen and oxygen atoms in total. The Morgan fingerprint density at radius 3 is 2.26 bits per heavy atom. The second-order valence-corrected chi connectivity index (χ2v) is 5.25. The van der Waals surface area contributed by atoms with Crippen LogP contribution in [0.1, 0.15) is 17.9 Å². The van der Waals surface area contributed by atoms with Crippen molar-refractivity contribution in [2.75, 3.05) is 13.1 Å². The second-order valence-electron chi connectivity index (χ2n) is 5.25. The first-order valence-electron chi connectivity index (χ1n) is 6.96. The van der Waals surface area contributed by atoms with Gasteiger partial charge in [-0.3, -0.25) is 0 Å². The molecule has 1 aliphatic heterocycles. The Hall–Kier alpha value is -1.64. The van der Waals surface area contributed by atoms with Gasteiger partial charge in [-0.2, -0.15) is 0 Å². The molecule has 3 N–H and O–H groups in total. The third-order valence-corrected chi connectivity index (χ3v) is 3.97. The molecule has 0 aromatic heterocycles. The Labute approximate surface area is 114 Å². The fourth-order valence-electron chi connectivity index (χ4n) is 2.85. The summed E-state index contributed by atoms with van der Waals surface area (Å²) in [4.78, 5) is 0. The van der Waals surface area contributed by atoms with Crippen molar-refractivity contribution in [1.29, 1.82) is 0 Å². The topological polar surface area (TPSA) is 38.0 Å². The molecule has 1 saturated heterocycles. The van der Waals surface area contributed by atoms with E-state index in [-0.39, 0.29) is 6.04 Å². The molecule has 0 spiro atoms. The van der Waals surface area contributed by atoms with Crippen molar-refractivity contribution in [3.05, 3.63) is 60.2 Å². The highest BCUT2D eigenvalue weighted by Crippen LogP contribution is 2.27. The van der Waals surface area contributed by atoms with E-state index in [2.05, 4.69) is 53.8 Å². The molecule has 0 aliphatic carbocycles. The maximum atomic E-state index is 6.20. The molecule has 0 radical (unpaired) electrons. The van der Waals surface area contributed by atoms with Crippen LogP contribution < -0.4 is 11.1 Å². The zero-order valence-electron chi connectivity index (χ0n) is 11.0. The normalized spacial score (nSPS) is 23.2. The average molecular weight is 252 g/mol. The number of benzene rings is 2. The molecule has 3 rings (SSSR count). The van der Waals surface area contributed by atoms with E-state index < -0.39 is 0 Å². The van der Waals surface area contributed by atoms with Crippen LogP contribution >= 0.6 is 0 Å². The number of nitrogens with two attached hydrogens (primary N) is 1. The Morgan fingerprint density at radius 2 is 1.58 bits per heavy atom. The van der Waals surface area contributed by atoms with E-state index in [1.807, 2.05) is 6.07 Å². The molecule has 0 bridgehead atoms. The minimum absolute atomic E-state index is 0.233. The van der Waals surface area contributed by atoms with E-state index in [0.29, 0.717) is 5.92 Å². The summed E-state index contributed by atoms with van der Waals surface area (Å²) in [5.41, 5.74) is 10.1. The number of nitrogens with one attached hydrogen (secondary N) is 1. The first-order chi connectivity index (χ1) is 9.34. The maximum absolute atomic E-state index is 6.20. The highest BCUT2D eigenvalue weighted by molar-refractivity contribution is 5.63. The van der Waals surface area contributed by atoms with Gasteiger partial charge in [0.15, 0.2) is 0 Å². The van der Waals surface area contributed by atoms with Gasteiger partial charge in [-0.25, -0.2) is 0 Å². The summed E-state index contributed by atoms with van der Waals surface area (Å²) in [5.74, 6) is 0.492. The highest BCUT2D eigenvalue weighted by atomic mass is 14.9. The van der Waals surface area contributed by atoms with Crippen molar-refractivity contribution in [3.63, 3.8) is 0 Å². The molecular weight excluding hydrogens is 232 g/mol. The highest BCUT2D eigenvalue weighted by Gasteiger charge is 2.22. The average Bonchev–Trinajstić information content (AvgIpc) is 2.49. The van der Waals surface area contributed by atoms with Gasteiger partial charge < -0.3 is 11.1 Å². The van der Waals surface area contributed by atoms with E-state index >= 15 is 0 Å². The number of hydrogen-bond acceptors (Lipinski definition) is 2. The lowest BCUT2D eigenvalue weighted by Gasteiger charge is -2.29. The van der Waals surface area contributed by atoms with Gasteiger partial charge in [0, 0.05) is 18.5 Å². The largest absolute Gasteiger partial charge is 0.326 e. The maximum Gasteiger partial charge on any atom is 0.0235 e. The Kier molecular flexibility index (Phi) is 3.62. The van der Waals surface area contributed by atoms with Gasteiger partial charge in [0.05, 0.1) is 0 Å². The second kappa shape index (κ2) is 5.55. The summed E-state index contributed by atoms with van der Waals surface area (Å²) >= 11 is 0. The Balaban J connectivity index is 1.83. The van der Waals surface area contributed by atoms with Crippen molar-refractivity contribution < 1.29 is 0 Å². The molecular formula is C17H20N2. The standard InChI is InChI=1S/C17H20N2/c18-17-12-19-11-10-16(17)15-8-6-14(7-9-15)13-4-2-1-3-5-13/h1-9,16-17,19H,10-12,18H2/t16-,17-/m1/s1. The van der Waals surface area contributed by atoms with Crippen molar-refractivity contribution in [3.8, 4) is 11.1 Å². The minimum Gasteiger partial charge on any atom is -0.326 e. The SMILES string of the molecule is N[C@@H]1CNCC[C@@H]1c1ccc(-c2ccccc2)cc1. The zero-order valence-corrected chi connectivity index (χ0v) is 11.0. The lowest BCUT2D eigenvalue weighted by molar-refractivity contribution is 0.403. The summed E-state index contributed by atoms with van der Waals surface area (Å²) in [5, 5.41) is 3.35. The lowest BCUT2D eigenvalue weighted by atomic mass is 9.86. The van der Waals surface area contributed by atoms with Gasteiger partial charge in [0.25, 0.3) is 0 Å². The van der Waals surface area contributed by atoms with Crippen LogP contribution in [0.15, 0.2) is 54.6 Å². The predicted molar refractivity (Wildman–Crippen MR) is 80.1 cm³/mol. The molecule has 19 heavy (non-hydrogen) atoms. The molecule has 1 aliphatic rings. The van der Waals surface area contributed by atoms with Crippen molar-refractivity contribution in [2.45, 2.75) is 18.4 Å². The fraction of sp³-hybridized carbons (Fsp3) is 0.294. The molecule has 1 fully saturated rings. The third-order valence-electron chi connectivity index (χ3n) is 3.97. The van der Waals surface area contributed by atoms with Gasteiger partial charge in [-0.05, 0) is 29.7 Å². The van der Waals surface area contributed by atoms with Gasteiger partial charge >= 0.3 is 0 Å². The summed E-state index contributed by atoms with van der Waals surface area (Å²) in [7, 11) is 0. The fourth-order valence-corrected chi connectivity index (χ4v) is 2.85. The van der Waals surface area contributed by atoms with Crippen molar-refractivity contribution >= 4 is 0 Å². The quantitative estimate of drug-likeness (QED) is 0.862. The molecule has 2 aromatic rings. The van der Waals surface area contributed by atoms with Crippen LogP contribution in [0.3, 0.4) is 0 Å². The van der Waals surface area contributed by atoms with E-state index in [0.717, 1.165) is 19.5 Å². The van der Waals surface area contributed by atoms with E-state index in [4.69, 9.17) is 5.73 Å². The summed E-state index contributed by atoms with van der Waals surface area (Å²) < 4.78 is 0. The van der Waals surface area contributed by atoms with Crippen molar-refractivity contribution in [2.24, 2.45) is 5.73 Å². The summed E-state index contributed by atoms with van der Waals surface area (Å²) in [6.07, 6.45) is 1.13. The van der Waals surface area contributed by atoms with E-state index in [9.17, 15) is 0 Å². The van der Waals surface area contributed by atoms with Gasteiger partial charge in [0.1, 0.15) is 0 Å². The van der Waals surface area contributed by atoms with Crippen LogP contribution in [-0.4, -0.2) is 19.1 Å². The van der Waals surface area contributed by atoms with Crippen LogP contribution in [0, 0.1) is 0 Å². The number of rotatable bonds is 2. The molecule has 0 saturated carbocycles. The molecule has 98 valence electrons. The molecule has 2 heteroatoms.